The van der Waals surface area contributed by atoms with Crippen LogP contribution in [0, 0.1) is 0 Å². The first-order chi connectivity index (χ1) is 28.8. The Kier molecular flexibility index (Phi) is 6.41. The number of rotatable bonds is 4. The Hall–Kier alpha value is -7.82. The van der Waals surface area contributed by atoms with Gasteiger partial charge in [-0.1, -0.05) is 121 Å². The zero-order chi connectivity index (χ0) is 37.9. The fourth-order valence-corrected chi connectivity index (χ4v) is 9.74. The molecule has 4 heteroatoms. The standard InChI is InChI=1S/C54H33N3O/c1-4-14-36(15-5-1)55-48-31-29-41-39-20-10-12-22-46(39)56(37-16-6-2-7-17-37)52(41)51(48)44-26-24-35(33-49(44)55)34-25-30-47-45(32-34)42-27-28-43-40-21-11-13-23-50(40)58-54(43)53(42)57(47)38-18-8-3-9-19-38/h1-33H. The Morgan fingerprint density at radius 1 is 0.293 bits per heavy atom. The molecule has 0 unspecified atom stereocenters. The molecule has 9 aromatic carbocycles. The molecule has 0 amide bonds. The van der Waals surface area contributed by atoms with Gasteiger partial charge in [0.2, 0.25) is 0 Å². The highest BCUT2D eigenvalue weighted by molar-refractivity contribution is 6.27. The molecule has 4 nitrogen and oxygen atoms in total. The Labute approximate surface area is 332 Å². The summed E-state index contributed by atoms with van der Waals surface area (Å²) in [5.74, 6) is 0. The number of nitrogens with zero attached hydrogens (tertiary/aromatic N) is 3. The monoisotopic (exact) mass is 739 g/mol. The van der Waals surface area contributed by atoms with Crippen molar-refractivity contribution in [1.82, 2.24) is 13.7 Å². The van der Waals surface area contributed by atoms with Crippen molar-refractivity contribution in [2.24, 2.45) is 0 Å². The van der Waals surface area contributed by atoms with Crippen LogP contribution >= 0.6 is 0 Å². The Morgan fingerprint density at radius 2 is 0.810 bits per heavy atom. The maximum atomic E-state index is 6.67. The highest BCUT2D eigenvalue weighted by Crippen LogP contribution is 2.45. The van der Waals surface area contributed by atoms with Gasteiger partial charge < -0.3 is 18.1 Å². The maximum Gasteiger partial charge on any atom is 0.160 e. The zero-order valence-electron chi connectivity index (χ0n) is 31.3. The van der Waals surface area contributed by atoms with Gasteiger partial charge in [-0.3, -0.25) is 0 Å². The molecule has 0 radical (unpaired) electrons. The van der Waals surface area contributed by atoms with Crippen LogP contribution in [-0.2, 0) is 0 Å². The van der Waals surface area contributed by atoms with Gasteiger partial charge in [0.05, 0.1) is 33.1 Å². The molecule has 0 N–H and O–H groups in total. The summed E-state index contributed by atoms with van der Waals surface area (Å²) in [5.41, 5.74) is 14.6. The molecular formula is C54H33N3O. The van der Waals surface area contributed by atoms with Crippen molar-refractivity contribution in [3.05, 3.63) is 200 Å². The molecule has 13 rings (SSSR count). The van der Waals surface area contributed by atoms with E-state index in [2.05, 4.69) is 208 Å². The van der Waals surface area contributed by atoms with Crippen molar-refractivity contribution in [3.63, 3.8) is 0 Å². The topological polar surface area (TPSA) is 27.9 Å². The quantitative estimate of drug-likeness (QED) is 0.177. The summed E-state index contributed by atoms with van der Waals surface area (Å²) in [6.07, 6.45) is 0. The van der Waals surface area contributed by atoms with E-state index < -0.39 is 0 Å². The van der Waals surface area contributed by atoms with Gasteiger partial charge in [-0.25, -0.2) is 0 Å². The minimum Gasteiger partial charge on any atom is -0.454 e. The first-order valence-corrected chi connectivity index (χ1v) is 19.9. The van der Waals surface area contributed by atoms with Gasteiger partial charge in [0.15, 0.2) is 5.58 Å². The molecule has 58 heavy (non-hydrogen) atoms. The molecule has 4 aromatic heterocycles. The van der Waals surface area contributed by atoms with E-state index in [1.807, 2.05) is 6.07 Å². The van der Waals surface area contributed by atoms with Crippen molar-refractivity contribution in [1.29, 1.82) is 0 Å². The van der Waals surface area contributed by atoms with Gasteiger partial charge in [-0.15, -0.1) is 0 Å². The molecule has 0 fully saturated rings. The average molecular weight is 740 g/mol. The largest absolute Gasteiger partial charge is 0.454 e. The molecule has 0 saturated carbocycles. The van der Waals surface area contributed by atoms with Gasteiger partial charge in [-0.2, -0.15) is 0 Å². The molecular weight excluding hydrogens is 707 g/mol. The van der Waals surface area contributed by atoms with Gasteiger partial charge in [0, 0.05) is 60.2 Å². The van der Waals surface area contributed by atoms with Gasteiger partial charge in [-0.05, 0) is 90.0 Å². The van der Waals surface area contributed by atoms with Crippen LogP contribution in [0.15, 0.2) is 205 Å². The van der Waals surface area contributed by atoms with E-state index in [4.69, 9.17) is 4.42 Å². The number of fused-ring (bicyclic) bond motifs is 14. The number of benzene rings is 9. The van der Waals surface area contributed by atoms with E-state index in [1.165, 1.54) is 65.5 Å². The van der Waals surface area contributed by atoms with Crippen molar-refractivity contribution < 1.29 is 4.42 Å². The molecule has 0 saturated heterocycles. The SMILES string of the molecule is c1ccc(-n2c3cc(-c4ccc5c(c4)c4ccc6c7ccccc7oc6c4n5-c4ccccc4)ccc3c3c2ccc2c4ccccc4n(-c4ccccc4)c23)cc1. The van der Waals surface area contributed by atoms with Crippen LogP contribution in [0.3, 0.4) is 0 Å². The molecule has 0 aliphatic rings. The predicted octanol–water partition coefficient (Wildman–Crippen LogP) is 14.5. The summed E-state index contributed by atoms with van der Waals surface area (Å²) in [4.78, 5) is 0. The minimum atomic E-state index is 0.902. The first kappa shape index (κ1) is 31.4. The molecule has 0 aliphatic heterocycles. The summed E-state index contributed by atoms with van der Waals surface area (Å²) in [6, 6.07) is 72.4. The average Bonchev–Trinajstić information content (AvgIpc) is 4.03. The maximum absolute atomic E-state index is 6.67. The van der Waals surface area contributed by atoms with E-state index in [0.29, 0.717) is 0 Å². The second-order valence-electron chi connectivity index (χ2n) is 15.3. The fourth-order valence-electron chi connectivity index (χ4n) is 9.74. The Morgan fingerprint density at radius 3 is 1.57 bits per heavy atom. The van der Waals surface area contributed by atoms with E-state index in [-0.39, 0.29) is 0 Å². The Balaban J connectivity index is 1.10. The van der Waals surface area contributed by atoms with Crippen molar-refractivity contribution in [2.45, 2.75) is 0 Å². The second-order valence-corrected chi connectivity index (χ2v) is 15.3. The Bertz CT molecular complexity index is 3770. The van der Waals surface area contributed by atoms with E-state index in [1.54, 1.807) is 0 Å². The van der Waals surface area contributed by atoms with Gasteiger partial charge >= 0.3 is 0 Å². The lowest BCUT2D eigenvalue weighted by atomic mass is 10.0. The molecule has 270 valence electrons. The lowest BCUT2D eigenvalue weighted by Gasteiger charge is -2.10. The van der Waals surface area contributed by atoms with Gasteiger partial charge in [0.25, 0.3) is 0 Å². The summed E-state index contributed by atoms with van der Waals surface area (Å²) in [6.45, 7) is 0. The molecule has 0 aliphatic carbocycles. The first-order valence-electron chi connectivity index (χ1n) is 19.9. The van der Waals surface area contributed by atoms with Crippen LogP contribution in [-0.4, -0.2) is 13.7 Å². The van der Waals surface area contributed by atoms with Crippen LogP contribution < -0.4 is 0 Å². The third kappa shape index (κ3) is 4.29. The summed E-state index contributed by atoms with van der Waals surface area (Å²) in [7, 11) is 0. The van der Waals surface area contributed by atoms with E-state index >= 15 is 0 Å². The minimum absolute atomic E-state index is 0.902. The molecule has 0 bridgehead atoms. The molecule has 4 heterocycles. The summed E-state index contributed by atoms with van der Waals surface area (Å²) < 4.78 is 13.9. The normalized spacial score (nSPS) is 12.1. The lowest BCUT2D eigenvalue weighted by molar-refractivity contribution is 0.671. The van der Waals surface area contributed by atoms with Gasteiger partial charge in [0.1, 0.15) is 5.58 Å². The van der Waals surface area contributed by atoms with Crippen LogP contribution in [0.5, 0.6) is 0 Å². The number of hydrogen-bond donors (Lipinski definition) is 0. The van der Waals surface area contributed by atoms with Crippen molar-refractivity contribution >= 4 is 87.4 Å². The van der Waals surface area contributed by atoms with Crippen LogP contribution in [0.1, 0.15) is 0 Å². The fraction of sp³-hybridized carbons (Fsp3) is 0. The number of furan rings is 1. The highest BCUT2D eigenvalue weighted by atomic mass is 16.3. The van der Waals surface area contributed by atoms with Crippen molar-refractivity contribution in [3.8, 4) is 28.2 Å². The third-order valence-electron chi connectivity index (χ3n) is 12.2. The van der Waals surface area contributed by atoms with E-state index in [0.717, 1.165) is 50.0 Å². The van der Waals surface area contributed by atoms with Crippen LogP contribution in [0.2, 0.25) is 0 Å². The lowest BCUT2D eigenvalue weighted by Crippen LogP contribution is -1.95. The predicted molar refractivity (Wildman–Crippen MR) is 242 cm³/mol. The smallest absolute Gasteiger partial charge is 0.160 e. The highest BCUT2D eigenvalue weighted by Gasteiger charge is 2.23. The van der Waals surface area contributed by atoms with E-state index in [9.17, 15) is 0 Å². The summed E-state index contributed by atoms with van der Waals surface area (Å²) in [5, 5.41) is 9.60. The molecule has 0 atom stereocenters. The summed E-state index contributed by atoms with van der Waals surface area (Å²) >= 11 is 0. The second kappa shape index (κ2) is 11.8. The number of para-hydroxylation sites is 5. The number of aromatic nitrogens is 3. The van der Waals surface area contributed by atoms with Crippen LogP contribution in [0.25, 0.3) is 116 Å². The molecule has 0 spiro atoms. The van der Waals surface area contributed by atoms with Crippen molar-refractivity contribution in [2.75, 3.05) is 0 Å². The van der Waals surface area contributed by atoms with Crippen LogP contribution in [0.4, 0.5) is 0 Å². The number of hydrogen-bond acceptors (Lipinski definition) is 1. The zero-order valence-corrected chi connectivity index (χ0v) is 31.3. The molecule has 13 aromatic rings. The third-order valence-corrected chi connectivity index (χ3v) is 12.2.